The van der Waals surface area contributed by atoms with Gasteiger partial charge in [-0.3, -0.25) is 9.59 Å². The number of carboxylic acids is 1. The summed E-state index contributed by atoms with van der Waals surface area (Å²) < 4.78 is 4.88. The lowest BCUT2D eigenvalue weighted by atomic mass is 9.94. The first kappa shape index (κ1) is 21.7. The Bertz CT molecular complexity index is 829. The molecular formula is C23H26O4S. The van der Waals surface area contributed by atoms with Crippen LogP contribution >= 0.6 is 11.3 Å². The normalized spacial score (nSPS) is 12.5. The van der Waals surface area contributed by atoms with Crippen LogP contribution in [0.5, 0.6) is 0 Å². The fourth-order valence-corrected chi connectivity index (χ4v) is 3.79. The molecule has 0 spiro atoms. The minimum Gasteiger partial charge on any atom is -0.481 e. The third-order valence-corrected chi connectivity index (χ3v) is 5.57. The van der Waals surface area contributed by atoms with Crippen molar-refractivity contribution in [1.29, 1.82) is 0 Å². The van der Waals surface area contributed by atoms with Crippen molar-refractivity contribution in [3.63, 3.8) is 0 Å². The Morgan fingerprint density at radius 1 is 1.25 bits per heavy atom. The minimum atomic E-state index is -1.14. The van der Waals surface area contributed by atoms with Gasteiger partial charge < -0.3 is 9.84 Å². The lowest BCUT2D eigenvalue weighted by Gasteiger charge is -2.15. The average Bonchev–Trinajstić information content (AvgIpc) is 3.15. The number of benzene rings is 1. The molecule has 0 aliphatic heterocycles. The molecule has 2 unspecified atom stereocenters. The molecular weight excluding hydrogens is 372 g/mol. The largest absolute Gasteiger partial charge is 0.481 e. The number of hydrogen-bond acceptors (Lipinski definition) is 4. The van der Waals surface area contributed by atoms with Gasteiger partial charge in [0.25, 0.3) is 0 Å². The maximum absolute atomic E-state index is 11.8. The summed E-state index contributed by atoms with van der Waals surface area (Å²) in [5.74, 6) is 3.39. The fraction of sp³-hybridized carbons (Fsp3) is 0.391. The van der Waals surface area contributed by atoms with E-state index in [4.69, 9.17) is 4.74 Å². The lowest BCUT2D eigenvalue weighted by Crippen LogP contribution is -2.27. The molecule has 1 N–H and O–H groups in total. The summed E-state index contributed by atoms with van der Waals surface area (Å²) in [4.78, 5) is 24.2. The molecule has 2 rings (SSSR count). The highest BCUT2D eigenvalue weighted by Gasteiger charge is 2.30. The molecule has 0 aliphatic rings. The first-order valence-corrected chi connectivity index (χ1v) is 10.4. The Balaban J connectivity index is 1.87. The average molecular weight is 399 g/mol. The molecule has 0 fully saturated rings. The summed E-state index contributed by atoms with van der Waals surface area (Å²) in [5.41, 5.74) is 2.26. The zero-order valence-electron chi connectivity index (χ0n) is 16.3. The molecule has 0 bridgehead atoms. The van der Waals surface area contributed by atoms with Crippen LogP contribution in [0.2, 0.25) is 0 Å². The number of carbonyl (C=O) groups excluding carboxylic acids is 1. The summed E-state index contributed by atoms with van der Waals surface area (Å²) in [6, 6.07) is 12.4. The Morgan fingerprint density at radius 2 is 2.00 bits per heavy atom. The Labute approximate surface area is 170 Å². The van der Waals surface area contributed by atoms with E-state index in [1.807, 2.05) is 36.6 Å². The second-order valence-electron chi connectivity index (χ2n) is 6.66. The lowest BCUT2D eigenvalue weighted by molar-refractivity contribution is -0.158. The Morgan fingerprint density at radius 3 is 2.68 bits per heavy atom. The van der Waals surface area contributed by atoms with Crippen molar-refractivity contribution in [2.45, 2.75) is 45.4 Å². The summed E-state index contributed by atoms with van der Waals surface area (Å²) in [7, 11) is 0. The summed E-state index contributed by atoms with van der Waals surface area (Å²) in [6.45, 7) is 3.78. The van der Waals surface area contributed by atoms with E-state index in [0.717, 1.165) is 29.7 Å². The van der Waals surface area contributed by atoms with Crippen molar-refractivity contribution >= 4 is 23.3 Å². The summed E-state index contributed by atoms with van der Waals surface area (Å²) in [5, 5.41) is 11.3. The molecule has 148 valence electrons. The van der Waals surface area contributed by atoms with Gasteiger partial charge in [-0.25, -0.2) is 0 Å². The monoisotopic (exact) mass is 398 g/mol. The second kappa shape index (κ2) is 11.3. The maximum Gasteiger partial charge on any atom is 0.320 e. The molecule has 0 saturated carbocycles. The van der Waals surface area contributed by atoms with Crippen LogP contribution in [0.15, 0.2) is 41.8 Å². The number of carbonyl (C=O) groups is 2. The molecule has 2 atom stereocenters. The number of ether oxygens (including phenoxy) is 1. The van der Waals surface area contributed by atoms with Crippen molar-refractivity contribution in [1.82, 2.24) is 0 Å². The van der Waals surface area contributed by atoms with Crippen LogP contribution in [0.25, 0.3) is 0 Å². The molecule has 28 heavy (non-hydrogen) atoms. The van der Waals surface area contributed by atoms with Crippen molar-refractivity contribution in [3.8, 4) is 11.8 Å². The third-order valence-electron chi connectivity index (χ3n) is 4.41. The standard InChI is InChI=1S/C23H26O4S/c1-3-27-23(26)20(22(24)25)14-17(2)21-15-19(16-28-21)13-9-5-8-12-18-10-6-4-7-11-18/h4,6-7,10-11,15-17,20H,3,5,8,12,14H2,1-2H3,(H,24,25). The van der Waals surface area contributed by atoms with E-state index >= 15 is 0 Å². The number of rotatable bonds is 9. The van der Waals surface area contributed by atoms with Gasteiger partial charge in [-0.1, -0.05) is 49.1 Å². The zero-order chi connectivity index (χ0) is 20.4. The van der Waals surface area contributed by atoms with Crippen LogP contribution < -0.4 is 0 Å². The number of carboxylic acid groups (broad SMARTS) is 1. The van der Waals surface area contributed by atoms with E-state index in [1.165, 1.54) is 5.56 Å². The van der Waals surface area contributed by atoms with Crippen LogP contribution in [-0.4, -0.2) is 23.7 Å². The van der Waals surface area contributed by atoms with Gasteiger partial charge in [0.1, 0.15) is 0 Å². The fourth-order valence-electron chi connectivity index (χ4n) is 2.88. The van der Waals surface area contributed by atoms with Crippen LogP contribution in [0.4, 0.5) is 0 Å². The number of aryl methyl sites for hydroxylation is 1. The van der Waals surface area contributed by atoms with Gasteiger partial charge in [0, 0.05) is 22.2 Å². The molecule has 2 aromatic rings. The third kappa shape index (κ3) is 6.86. The maximum atomic E-state index is 11.8. The van der Waals surface area contributed by atoms with E-state index in [0.29, 0.717) is 0 Å². The van der Waals surface area contributed by atoms with Crippen LogP contribution in [-0.2, 0) is 20.7 Å². The summed E-state index contributed by atoms with van der Waals surface area (Å²) in [6.07, 6.45) is 3.09. The van der Waals surface area contributed by atoms with Gasteiger partial charge in [0.15, 0.2) is 5.92 Å². The predicted octanol–water partition coefficient (Wildman–Crippen LogP) is 4.88. The van der Waals surface area contributed by atoms with Gasteiger partial charge >= 0.3 is 11.9 Å². The Hall–Kier alpha value is -2.58. The number of hydrogen-bond donors (Lipinski definition) is 1. The van der Waals surface area contributed by atoms with E-state index in [2.05, 4.69) is 24.0 Å². The molecule has 5 heteroatoms. The number of thiophene rings is 1. The first-order valence-electron chi connectivity index (χ1n) is 9.52. The van der Waals surface area contributed by atoms with E-state index in [1.54, 1.807) is 18.3 Å². The number of esters is 1. The van der Waals surface area contributed by atoms with Crippen LogP contribution in [0, 0.1) is 17.8 Å². The van der Waals surface area contributed by atoms with Crippen molar-refractivity contribution < 1.29 is 19.4 Å². The van der Waals surface area contributed by atoms with Gasteiger partial charge in [-0.05, 0) is 43.7 Å². The quantitative estimate of drug-likeness (QED) is 0.283. The van der Waals surface area contributed by atoms with Crippen molar-refractivity contribution in [2.24, 2.45) is 5.92 Å². The molecule has 0 radical (unpaired) electrons. The highest BCUT2D eigenvalue weighted by Crippen LogP contribution is 2.29. The molecule has 1 aromatic heterocycles. The summed E-state index contributed by atoms with van der Waals surface area (Å²) >= 11 is 1.55. The van der Waals surface area contributed by atoms with Gasteiger partial charge in [-0.2, -0.15) is 0 Å². The van der Waals surface area contributed by atoms with E-state index in [9.17, 15) is 14.7 Å². The number of unbranched alkanes of at least 4 members (excludes halogenated alkanes) is 1. The van der Waals surface area contributed by atoms with Gasteiger partial charge in [0.05, 0.1) is 6.61 Å². The highest BCUT2D eigenvalue weighted by molar-refractivity contribution is 7.10. The van der Waals surface area contributed by atoms with E-state index in [-0.39, 0.29) is 18.9 Å². The second-order valence-corrected chi connectivity index (χ2v) is 7.60. The first-order chi connectivity index (χ1) is 13.5. The molecule has 4 nitrogen and oxygen atoms in total. The molecule has 0 amide bonds. The van der Waals surface area contributed by atoms with Crippen LogP contribution in [0.1, 0.15) is 55.0 Å². The zero-order valence-corrected chi connectivity index (χ0v) is 17.1. The van der Waals surface area contributed by atoms with Gasteiger partial charge in [0.2, 0.25) is 0 Å². The SMILES string of the molecule is CCOC(=O)C(CC(C)c1cc(C#CCCCc2ccccc2)cs1)C(=O)O. The molecule has 1 aromatic carbocycles. The predicted molar refractivity (Wildman–Crippen MR) is 111 cm³/mol. The van der Waals surface area contributed by atoms with E-state index < -0.39 is 17.9 Å². The molecule has 1 heterocycles. The molecule has 0 aliphatic carbocycles. The van der Waals surface area contributed by atoms with Crippen LogP contribution in [0.3, 0.4) is 0 Å². The van der Waals surface area contributed by atoms with Crippen molar-refractivity contribution in [3.05, 3.63) is 57.8 Å². The molecule has 0 saturated heterocycles. The van der Waals surface area contributed by atoms with Gasteiger partial charge in [-0.15, -0.1) is 11.3 Å². The minimum absolute atomic E-state index is 0.0517. The number of aliphatic carboxylic acids is 1. The smallest absolute Gasteiger partial charge is 0.320 e. The Kier molecular flexibility index (Phi) is 8.77. The topological polar surface area (TPSA) is 63.6 Å². The van der Waals surface area contributed by atoms with Crippen molar-refractivity contribution in [2.75, 3.05) is 6.61 Å². The highest BCUT2D eigenvalue weighted by atomic mass is 32.1.